The van der Waals surface area contributed by atoms with Gasteiger partial charge in [-0.15, -0.1) is 0 Å². The molecule has 0 unspecified atom stereocenters. The number of hydrogen-bond donors (Lipinski definition) is 1. The van der Waals surface area contributed by atoms with Crippen molar-refractivity contribution in [2.45, 2.75) is 6.61 Å². The number of aromatic amines is 1. The number of fused-ring (bicyclic) bond motifs is 1. The molecule has 0 fully saturated rings. The Morgan fingerprint density at radius 2 is 1.84 bits per heavy atom. The van der Waals surface area contributed by atoms with Crippen molar-refractivity contribution < 1.29 is 13.5 Å². The second-order valence-corrected chi connectivity index (χ2v) is 4.26. The maximum Gasteiger partial charge on any atom is 0.159 e. The summed E-state index contributed by atoms with van der Waals surface area (Å²) in [5.41, 5.74) is 1.62. The van der Waals surface area contributed by atoms with Gasteiger partial charge in [-0.3, -0.25) is 0 Å². The first-order valence-corrected chi connectivity index (χ1v) is 5.86. The Hall–Kier alpha value is -2.36. The molecule has 1 heterocycles. The summed E-state index contributed by atoms with van der Waals surface area (Å²) in [5.74, 6) is -1.02. The molecule has 0 saturated heterocycles. The highest BCUT2D eigenvalue weighted by Crippen LogP contribution is 2.20. The predicted octanol–water partition coefficient (Wildman–Crippen LogP) is 4.03. The largest absolute Gasteiger partial charge is 0.489 e. The lowest BCUT2D eigenvalue weighted by molar-refractivity contribution is 0.305. The van der Waals surface area contributed by atoms with E-state index in [2.05, 4.69) is 4.98 Å². The Morgan fingerprint density at radius 3 is 2.68 bits per heavy atom. The summed E-state index contributed by atoms with van der Waals surface area (Å²) in [7, 11) is 0. The quantitative estimate of drug-likeness (QED) is 0.754. The highest BCUT2D eigenvalue weighted by molar-refractivity contribution is 5.80. The lowest BCUT2D eigenvalue weighted by Crippen LogP contribution is -1.97. The van der Waals surface area contributed by atoms with Gasteiger partial charge in [-0.05, 0) is 42.0 Å². The average Bonchev–Trinajstić information content (AvgIpc) is 2.87. The Labute approximate surface area is 108 Å². The van der Waals surface area contributed by atoms with Crippen LogP contribution in [0.25, 0.3) is 10.9 Å². The Morgan fingerprint density at radius 1 is 0.947 bits per heavy atom. The number of nitrogens with one attached hydrogen (secondary N) is 1. The van der Waals surface area contributed by atoms with E-state index in [-0.39, 0.29) is 6.61 Å². The van der Waals surface area contributed by atoms with Gasteiger partial charge in [-0.25, -0.2) is 8.78 Å². The molecule has 0 amide bonds. The predicted molar refractivity (Wildman–Crippen MR) is 69.0 cm³/mol. The summed E-state index contributed by atoms with van der Waals surface area (Å²) in [6, 6.07) is 11.3. The van der Waals surface area contributed by atoms with Crippen molar-refractivity contribution in [1.82, 2.24) is 4.98 Å². The molecule has 96 valence electrons. The van der Waals surface area contributed by atoms with Crippen LogP contribution in [-0.2, 0) is 6.61 Å². The van der Waals surface area contributed by atoms with Gasteiger partial charge in [0.25, 0.3) is 0 Å². The molecule has 1 N–H and O–H groups in total. The van der Waals surface area contributed by atoms with E-state index in [0.29, 0.717) is 11.3 Å². The van der Waals surface area contributed by atoms with Crippen LogP contribution in [0.15, 0.2) is 48.7 Å². The summed E-state index contributed by atoms with van der Waals surface area (Å²) in [6.07, 6.45) is 1.85. The van der Waals surface area contributed by atoms with Crippen LogP contribution in [0.2, 0.25) is 0 Å². The fourth-order valence-corrected chi connectivity index (χ4v) is 1.92. The SMILES string of the molecule is Fc1ccc(COc2ccc3[nH]ccc3c2)cc1F. The van der Waals surface area contributed by atoms with Gasteiger partial charge >= 0.3 is 0 Å². The van der Waals surface area contributed by atoms with Crippen molar-refractivity contribution in [3.63, 3.8) is 0 Å². The van der Waals surface area contributed by atoms with E-state index in [1.54, 1.807) is 0 Å². The van der Waals surface area contributed by atoms with Gasteiger partial charge in [0.15, 0.2) is 11.6 Å². The Bertz CT molecular complexity index is 721. The molecule has 0 saturated carbocycles. The molecule has 0 spiro atoms. The highest BCUT2D eigenvalue weighted by Gasteiger charge is 2.04. The molecule has 0 atom stereocenters. The van der Waals surface area contributed by atoms with Gasteiger partial charge in [0, 0.05) is 17.1 Å². The normalized spacial score (nSPS) is 10.8. The van der Waals surface area contributed by atoms with Gasteiger partial charge in [0.2, 0.25) is 0 Å². The van der Waals surface area contributed by atoms with E-state index in [9.17, 15) is 8.78 Å². The van der Waals surface area contributed by atoms with Crippen molar-refractivity contribution in [1.29, 1.82) is 0 Å². The molecule has 0 aliphatic carbocycles. The lowest BCUT2D eigenvalue weighted by atomic mass is 10.2. The molecule has 0 radical (unpaired) electrons. The van der Waals surface area contributed by atoms with Crippen LogP contribution < -0.4 is 4.74 Å². The number of halogens is 2. The molecular weight excluding hydrogens is 248 g/mol. The number of rotatable bonds is 3. The fourth-order valence-electron chi connectivity index (χ4n) is 1.92. The van der Waals surface area contributed by atoms with Crippen molar-refractivity contribution in [2.24, 2.45) is 0 Å². The summed E-state index contributed by atoms with van der Waals surface area (Å²) in [5, 5.41) is 1.04. The smallest absolute Gasteiger partial charge is 0.159 e. The van der Waals surface area contributed by atoms with Gasteiger partial charge in [0.1, 0.15) is 12.4 Å². The highest BCUT2D eigenvalue weighted by atomic mass is 19.2. The number of aromatic nitrogens is 1. The van der Waals surface area contributed by atoms with Crippen molar-refractivity contribution in [2.75, 3.05) is 0 Å². The minimum absolute atomic E-state index is 0.202. The van der Waals surface area contributed by atoms with Gasteiger partial charge in [-0.2, -0.15) is 0 Å². The third kappa shape index (κ3) is 2.42. The first-order valence-electron chi connectivity index (χ1n) is 5.86. The average molecular weight is 259 g/mol. The minimum Gasteiger partial charge on any atom is -0.489 e. The topological polar surface area (TPSA) is 25.0 Å². The van der Waals surface area contributed by atoms with E-state index in [1.807, 2.05) is 30.5 Å². The second kappa shape index (κ2) is 4.72. The first-order chi connectivity index (χ1) is 9.22. The van der Waals surface area contributed by atoms with E-state index >= 15 is 0 Å². The van der Waals surface area contributed by atoms with Gasteiger partial charge in [-0.1, -0.05) is 6.07 Å². The summed E-state index contributed by atoms with van der Waals surface area (Å²) in [6.45, 7) is 0.202. The third-order valence-electron chi connectivity index (χ3n) is 2.91. The van der Waals surface area contributed by atoms with Crippen LogP contribution in [0.1, 0.15) is 5.56 Å². The summed E-state index contributed by atoms with van der Waals surface area (Å²) < 4.78 is 31.4. The lowest BCUT2D eigenvalue weighted by Gasteiger charge is -2.06. The van der Waals surface area contributed by atoms with E-state index in [0.717, 1.165) is 23.0 Å². The zero-order valence-electron chi connectivity index (χ0n) is 9.99. The van der Waals surface area contributed by atoms with Crippen molar-refractivity contribution >= 4 is 10.9 Å². The van der Waals surface area contributed by atoms with E-state index in [1.165, 1.54) is 6.07 Å². The molecule has 0 aliphatic rings. The molecule has 4 heteroatoms. The van der Waals surface area contributed by atoms with Crippen LogP contribution in [0, 0.1) is 11.6 Å². The van der Waals surface area contributed by atoms with Crippen LogP contribution in [0.3, 0.4) is 0 Å². The number of benzene rings is 2. The first kappa shape index (κ1) is 11.7. The van der Waals surface area contributed by atoms with E-state index in [4.69, 9.17) is 4.74 Å². The van der Waals surface area contributed by atoms with Gasteiger partial charge < -0.3 is 9.72 Å². The minimum atomic E-state index is -0.859. The maximum absolute atomic E-state index is 13.0. The zero-order valence-corrected chi connectivity index (χ0v) is 9.99. The molecule has 1 aromatic heterocycles. The molecule has 3 aromatic rings. The zero-order chi connectivity index (χ0) is 13.2. The summed E-state index contributed by atoms with van der Waals surface area (Å²) >= 11 is 0. The Kier molecular flexibility index (Phi) is 2.91. The van der Waals surface area contributed by atoms with Gasteiger partial charge in [0.05, 0.1) is 0 Å². The molecule has 2 aromatic carbocycles. The van der Waals surface area contributed by atoms with Crippen LogP contribution in [0.4, 0.5) is 8.78 Å². The fraction of sp³-hybridized carbons (Fsp3) is 0.0667. The number of ether oxygens (including phenoxy) is 1. The molecule has 0 bridgehead atoms. The molecular formula is C15H11F2NO. The standard InChI is InChI=1S/C15H11F2NO/c16-13-3-1-10(7-14(13)17)9-19-12-2-4-15-11(8-12)5-6-18-15/h1-8,18H,9H2. The maximum atomic E-state index is 13.0. The number of hydrogen-bond acceptors (Lipinski definition) is 1. The molecule has 2 nitrogen and oxygen atoms in total. The number of H-pyrrole nitrogens is 1. The van der Waals surface area contributed by atoms with Crippen molar-refractivity contribution in [3.05, 3.63) is 65.9 Å². The molecule has 0 aliphatic heterocycles. The Balaban J connectivity index is 1.75. The van der Waals surface area contributed by atoms with Crippen LogP contribution in [0.5, 0.6) is 5.75 Å². The molecule has 19 heavy (non-hydrogen) atoms. The monoisotopic (exact) mass is 259 g/mol. The van der Waals surface area contributed by atoms with Crippen molar-refractivity contribution in [3.8, 4) is 5.75 Å². The second-order valence-electron chi connectivity index (χ2n) is 4.26. The third-order valence-corrected chi connectivity index (χ3v) is 2.91. The summed E-state index contributed by atoms with van der Waals surface area (Å²) in [4.78, 5) is 3.09. The van der Waals surface area contributed by atoms with Crippen LogP contribution >= 0.6 is 0 Å². The van der Waals surface area contributed by atoms with Crippen LogP contribution in [-0.4, -0.2) is 4.98 Å². The van der Waals surface area contributed by atoms with E-state index < -0.39 is 11.6 Å². The molecule has 3 rings (SSSR count).